The monoisotopic (exact) mass is 540 g/mol. The van der Waals surface area contributed by atoms with E-state index in [1.54, 1.807) is 18.2 Å². The molecule has 0 bridgehead atoms. The van der Waals surface area contributed by atoms with Crippen molar-refractivity contribution in [2.24, 2.45) is 0 Å². The first-order valence-electron chi connectivity index (χ1n) is 12.4. The third kappa shape index (κ3) is 7.73. The number of halogens is 2. The lowest BCUT2D eigenvalue weighted by Gasteiger charge is -2.32. The van der Waals surface area contributed by atoms with Gasteiger partial charge in [0.25, 0.3) is 5.91 Å². The van der Waals surface area contributed by atoms with E-state index in [2.05, 4.69) is 26.1 Å². The van der Waals surface area contributed by atoms with Crippen LogP contribution in [0.25, 0.3) is 0 Å². The summed E-state index contributed by atoms with van der Waals surface area (Å²) in [4.78, 5) is 28.6. The lowest BCUT2D eigenvalue weighted by molar-refractivity contribution is -0.142. The molecule has 0 aliphatic rings. The third-order valence-electron chi connectivity index (χ3n) is 6.06. The lowest BCUT2D eigenvalue weighted by atomic mass is 9.86. The number of likely N-dealkylation sites (N-methyl/N-ethyl adjacent to an activating group) is 1. The van der Waals surface area contributed by atoms with E-state index in [9.17, 15) is 9.59 Å². The molecule has 0 aliphatic heterocycles. The maximum Gasteiger partial charge on any atom is 0.261 e. The van der Waals surface area contributed by atoms with Crippen LogP contribution in [0.5, 0.6) is 5.75 Å². The van der Waals surface area contributed by atoms with Gasteiger partial charge in [-0.2, -0.15) is 0 Å². The topological polar surface area (TPSA) is 58.6 Å². The fourth-order valence-electron chi connectivity index (χ4n) is 4.13. The van der Waals surface area contributed by atoms with E-state index in [-0.39, 0.29) is 30.4 Å². The number of benzene rings is 3. The molecule has 1 atom stereocenters. The molecule has 0 spiro atoms. The van der Waals surface area contributed by atoms with Gasteiger partial charge >= 0.3 is 0 Å². The van der Waals surface area contributed by atoms with Gasteiger partial charge in [-0.25, -0.2) is 0 Å². The number of hydrogen-bond acceptors (Lipinski definition) is 3. The van der Waals surface area contributed by atoms with Crippen molar-refractivity contribution in [1.29, 1.82) is 0 Å². The highest BCUT2D eigenvalue weighted by molar-refractivity contribution is 6.36. The lowest BCUT2D eigenvalue weighted by Crippen LogP contribution is -2.51. The standard InChI is InChI=1S/C30H34Cl2N2O3/c1-5-33-29(36)26(18-21-12-7-6-8-13-21)34(19-22-24(31)15-11-16-25(22)32)28(35)20-37-27-17-10-9-14-23(27)30(2,3)4/h6-17,26H,5,18-20H2,1-4H3,(H,33,36)/t26-/m1/s1. The Balaban J connectivity index is 1.97. The molecule has 3 rings (SSSR count). The summed E-state index contributed by atoms with van der Waals surface area (Å²) in [7, 11) is 0. The summed E-state index contributed by atoms with van der Waals surface area (Å²) < 4.78 is 6.06. The number of amides is 2. The Kier molecular flexibility index (Phi) is 10.0. The Morgan fingerprint density at radius 1 is 0.919 bits per heavy atom. The quantitative estimate of drug-likeness (QED) is 0.321. The average Bonchev–Trinajstić information content (AvgIpc) is 2.86. The SMILES string of the molecule is CCNC(=O)[C@@H](Cc1ccccc1)N(Cc1c(Cl)cccc1Cl)C(=O)COc1ccccc1C(C)(C)C. The maximum absolute atomic E-state index is 13.8. The Morgan fingerprint density at radius 2 is 1.54 bits per heavy atom. The molecular weight excluding hydrogens is 507 g/mol. The zero-order valence-corrected chi connectivity index (χ0v) is 23.3. The highest BCUT2D eigenvalue weighted by Crippen LogP contribution is 2.31. The van der Waals surface area contributed by atoms with Gasteiger partial charge in [0, 0.05) is 35.1 Å². The molecule has 0 saturated carbocycles. The number of nitrogens with zero attached hydrogens (tertiary/aromatic N) is 1. The summed E-state index contributed by atoms with van der Waals surface area (Å²) >= 11 is 12.9. The van der Waals surface area contributed by atoms with Gasteiger partial charge in [0.1, 0.15) is 11.8 Å². The maximum atomic E-state index is 13.8. The molecule has 1 N–H and O–H groups in total. The van der Waals surface area contributed by atoms with Crippen molar-refractivity contribution in [1.82, 2.24) is 10.2 Å². The Hall–Kier alpha value is -3.02. The van der Waals surface area contributed by atoms with Crippen LogP contribution in [0.15, 0.2) is 72.8 Å². The van der Waals surface area contributed by atoms with Crippen LogP contribution >= 0.6 is 23.2 Å². The normalized spacial score (nSPS) is 12.1. The molecule has 0 heterocycles. The summed E-state index contributed by atoms with van der Waals surface area (Å²) in [5.74, 6) is 0.0431. The highest BCUT2D eigenvalue weighted by Gasteiger charge is 2.31. The third-order valence-corrected chi connectivity index (χ3v) is 6.77. The van der Waals surface area contributed by atoms with Crippen LogP contribution in [0.2, 0.25) is 10.0 Å². The van der Waals surface area contributed by atoms with E-state index in [0.29, 0.717) is 34.3 Å². The molecule has 0 fully saturated rings. The van der Waals surface area contributed by atoms with Crippen LogP contribution in [0.3, 0.4) is 0 Å². The molecule has 3 aromatic carbocycles. The van der Waals surface area contributed by atoms with E-state index < -0.39 is 6.04 Å². The fraction of sp³-hybridized carbons (Fsp3) is 0.333. The molecule has 196 valence electrons. The summed E-state index contributed by atoms with van der Waals surface area (Å²) in [6.07, 6.45) is 0.332. The van der Waals surface area contributed by atoms with Crippen molar-refractivity contribution in [3.63, 3.8) is 0 Å². The van der Waals surface area contributed by atoms with Gasteiger partial charge in [-0.05, 0) is 41.7 Å². The minimum absolute atomic E-state index is 0.0657. The molecule has 2 amide bonds. The van der Waals surface area contributed by atoms with Gasteiger partial charge in [-0.1, -0.05) is 98.6 Å². The second-order valence-corrected chi connectivity index (χ2v) is 10.7. The molecule has 5 nitrogen and oxygen atoms in total. The summed E-state index contributed by atoms with van der Waals surface area (Å²) in [6.45, 7) is 8.39. The molecule has 0 unspecified atom stereocenters. The minimum atomic E-state index is -0.788. The molecule has 0 saturated heterocycles. The van der Waals surface area contributed by atoms with Crippen molar-refractivity contribution in [3.8, 4) is 5.75 Å². The molecule has 0 aliphatic carbocycles. The Labute approximate surface area is 229 Å². The molecule has 7 heteroatoms. The first kappa shape index (κ1) is 28.5. The number of ether oxygens (including phenoxy) is 1. The van der Waals surface area contributed by atoms with Crippen molar-refractivity contribution < 1.29 is 14.3 Å². The van der Waals surface area contributed by atoms with Crippen molar-refractivity contribution in [3.05, 3.63) is 99.5 Å². The van der Waals surface area contributed by atoms with Crippen molar-refractivity contribution in [2.45, 2.75) is 52.1 Å². The number of hydrogen-bond donors (Lipinski definition) is 1. The fourth-order valence-corrected chi connectivity index (χ4v) is 4.65. The summed E-state index contributed by atoms with van der Waals surface area (Å²) in [5.41, 5.74) is 2.34. The van der Waals surface area contributed by atoms with Crippen LogP contribution in [-0.4, -0.2) is 35.9 Å². The smallest absolute Gasteiger partial charge is 0.261 e. The van der Waals surface area contributed by atoms with E-state index in [0.717, 1.165) is 11.1 Å². The first-order valence-corrected chi connectivity index (χ1v) is 13.1. The largest absolute Gasteiger partial charge is 0.483 e. The van der Waals surface area contributed by atoms with E-state index in [4.69, 9.17) is 27.9 Å². The number of nitrogens with one attached hydrogen (secondary N) is 1. The second-order valence-electron chi connectivity index (χ2n) is 9.86. The van der Waals surface area contributed by atoms with Gasteiger partial charge in [0.15, 0.2) is 6.61 Å². The van der Waals surface area contributed by atoms with Crippen molar-refractivity contribution >= 4 is 35.0 Å². The van der Waals surface area contributed by atoms with Crippen molar-refractivity contribution in [2.75, 3.05) is 13.2 Å². The van der Waals surface area contributed by atoms with Crippen LogP contribution in [0, 0.1) is 0 Å². The Morgan fingerprint density at radius 3 is 2.16 bits per heavy atom. The minimum Gasteiger partial charge on any atom is -0.483 e. The predicted octanol–water partition coefficient (Wildman–Crippen LogP) is 6.45. The van der Waals surface area contributed by atoms with Crippen LogP contribution in [-0.2, 0) is 28.0 Å². The van der Waals surface area contributed by atoms with Gasteiger partial charge < -0.3 is 15.0 Å². The predicted molar refractivity (Wildman–Crippen MR) is 150 cm³/mol. The van der Waals surface area contributed by atoms with Crippen LogP contribution in [0.4, 0.5) is 0 Å². The number of carbonyl (C=O) groups excluding carboxylic acids is 2. The number of para-hydroxylation sites is 1. The number of carbonyl (C=O) groups is 2. The molecular formula is C30H34Cl2N2O3. The van der Waals surface area contributed by atoms with E-state index in [1.165, 1.54) is 4.90 Å². The first-order chi connectivity index (χ1) is 17.6. The van der Waals surface area contributed by atoms with Crippen LogP contribution < -0.4 is 10.1 Å². The number of rotatable bonds is 10. The van der Waals surface area contributed by atoms with Gasteiger partial charge in [0.2, 0.25) is 5.91 Å². The van der Waals surface area contributed by atoms with Gasteiger partial charge in [-0.15, -0.1) is 0 Å². The molecule has 37 heavy (non-hydrogen) atoms. The second kappa shape index (κ2) is 13.0. The highest BCUT2D eigenvalue weighted by atomic mass is 35.5. The summed E-state index contributed by atoms with van der Waals surface area (Å²) in [6, 6.07) is 21.7. The Bertz CT molecular complexity index is 1190. The van der Waals surface area contributed by atoms with E-state index >= 15 is 0 Å². The zero-order chi connectivity index (χ0) is 27.0. The van der Waals surface area contributed by atoms with E-state index in [1.807, 2.05) is 61.5 Å². The van der Waals surface area contributed by atoms with Crippen LogP contribution in [0.1, 0.15) is 44.4 Å². The molecule has 0 radical (unpaired) electrons. The van der Waals surface area contributed by atoms with Gasteiger partial charge in [0.05, 0.1) is 0 Å². The van der Waals surface area contributed by atoms with Gasteiger partial charge in [-0.3, -0.25) is 9.59 Å². The molecule has 0 aromatic heterocycles. The average molecular weight is 542 g/mol. The molecule has 3 aromatic rings. The summed E-state index contributed by atoms with van der Waals surface area (Å²) in [5, 5.41) is 3.74. The zero-order valence-electron chi connectivity index (χ0n) is 21.8.